The van der Waals surface area contributed by atoms with E-state index in [0.717, 1.165) is 38.0 Å². The lowest BCUT2D eigenvalue weighted by atomic mass is 9.98. The molecular weight excluding hydrogens is 304 g/mol. The third kappa shape index (κ3) is 2.97. The van der Waals surface area contributed by atoms with Gasteiger partial charge in [0, 0.05) is 18.7 Å². The molecule has 22 heavy (non-hydrogen) atoms. The summed E-state index contributed by atoms with van der Waals surface area (Å²) in [6.07, 6.45) is 4.16. The van der Waals surface area contributed by atoms with E-state index < -0.39 is 5.54 Å². The minimum absolute atomic E-state index is 0.115. The van der Waals surface area contributed by atoms with Crippen LogP contribution in [0, 0.1) is 0 Å². The fourth-order valence-corrected chi connectivity index (χ4v) is 3.93. The fourth-order valence-electron chi connectivity index (χ4n) is 3.19. The predicted molar refractivity (Wildman–Crippen MR) is 83.6 cm³/mol. The van der Waals surface area contributed by atoms with Crippen LogP contribution < -0.4 is 10.6 Å². The molecule has 1 saturated carbocycles. The van der Waals surface area contributed by atoms with Gasteiger partial charge in [-0.15, -0.1) is 0 Å². The zero-order valence-corrected chi connectivity index (χ0v) is 13.2. The van der Waals surface area contributed by atoms with Crippen molar-refractivity contribution in [1.29, 1.82) is 0 Å². The van der Waals surface area contributed by atoms with E-state index in [2.05, 4.69) is 15.6 Å². The summed E-state index contributed by atoms with van der Waals surface area (Å²) < 4.78 is 0. The third-order valence-electron chi connectivity index (χ3n) is 4.32. The quantitative estimate of drug-likeness (QED) is 0.750. The van der Waals surface area contributed by atoms with Crippen molar-refractivity contribution in [3.63, 3.8) is 0 Å². The highest BCUT2D eigenvalue weighted by molar-refractivity contribution is 8.14. The molecule has 0 radical (unpaired) electrons. The van der Waals surface area contributed by atoms with Crippen LogP contribution in [0.15, 0.2) is 4.99 Å². The number of thioether (sulfide) groups is 1. The Morgan fingerprint density at radius 1 is 1.36 bits per heavy atom. The summed E-state index contributed by atoms with van der Waals surface area (Å²) in [5.74, 6) is 0.669. The number of amidine groups is 1. The van der Waals surface area contributed by atoms with Crippen molar-refractivity contribution in [2.24, 2.45) is 4.99 Å². The Morgan fingerprint density at radius 2 is 2.14 bits per heavy atom. The maximum absolute atomic E-state index is 12.4. The smallest absolute Gasteiger partial charge is 0.323 e. The summed E-state index contributed by atoms with van der Waals surface area (Å²) in [5.41, 5.74) is -0.658. The maximum Gasteiger partial charge on any atom is 0.325 e. The number of imide groups is 1. The van der Waals surface area contributed by atoms with Crippen molar-refractivity contribution in [2.75, 3.05) is 18.8 Å². The zero-order chi connectivity index (χ0) is 15.6. The molecule has 0 atom stereocenters. The second kappa shape index (κ2) is 6.28. The lowest BCUT2D eigenvalue weighted by molar-refractivity contribution is -0.131. The molecule has 4 amide bonds. The number of aliphatic imine (C=N–C) groups is 1. The molecule has 1 spiro atoms. The number of urea groups is 1. The van der Waals surface area contributed by atoms with Crippen LogP contribution in [0.3, 0.4) is 0 Å². The van der Waals surface area contributed by atoms with E-state index in [1.165, 1.54) is 16.7 Å². The van der Waals surface area contributed by atoms with E-state index in [4.69, 9.17) is 0 Å². The summed E-state index contributed by atoms with van der Waals surface area (Å²) in [7, 11) is 0. The van der Waals surface area contributed by atoms with Gasteiger partial charge < -0.3 is 10.6 Å². The highest BCUT2D eigenvalue weighted by Gasteiger charge is 2.51. The van der Waals surface area contributed by atoms with Crippen LogP contribution in [-0.2, 0) is 9.59 Å². The summed E-state index contributed by atoms with van der Waals surface area (Å²) in [5, 5.41) is 6.26. The van der Waals surface area contributed by atoms with Gasteiger partial charge in [-0.05, 0) is 19.3 Å². The highest BCUT2D eigenvalue weighted by atomic mass is 32.2. The minimum atomic E-state index is -0.658. The number of hydrogen-bond acceptors (Lipinski definition) is 5. The van der Waals surface area contributed by atoms with Gasteiger partial charge in [0.25, 0.3) is 5.91 Å². The topological polar surface area (TPSA) is 90.9 Å². The minimum Gasteiger partial charge on any atom is -0.323 e. The summed E-state index contributed by atoms with van der Waals surface area (Å²) in [6, 6.07) is -0.317. The predicted octanol–water partition coefficient (Wildman–Crippen LogP) is 0.850. The first-order valence-corrected chi connectivity index (χ1v) is 8.70. The molecule has 2 fully saturated rings. The third-order valence-corrected chi connectivity index (χ3v) is 5.21. The average Bonchev–Trinajstić information content (AvgIpc) is 3.18. The molecule has 7 nitrogen and oxygen atoms in total. The molecule has 3 rings (SSSR count). The fraction of sp³-hybridized carbons (Fsp3) is 0.714. The molecular formula is C14H20N4O3S. The van der Waals surface area contributed by atoms with Crippen LogP contribution in [0.5, 0.6) is 0 Å². The number of carbonyl (C=O) groups is 3. The van der Waals surface area contributed by atoms with E-state index in [0.29, 0.717) is 18.1 Å². The molecule has 8 heteroatoms. The van der Waals surface area contributed by atoms with E-state index >= 15 is 0 Å². The number of nitrogens with zero attached hydrogens (tertiary/aromatic N) is 2. The van der Waals surface area contributed by atoms with Gasteiger partial charge in [-0.1, -0.05) is 24.6 Å². The van der Waals surface area contributed by atoms with E-state index in [1.807, 2.05) is 0 Å². The van der Waals surface area contributed by atoms with Gasteiger partial charge in [0.05, 0.1) is 6.54 Å². The van der Waals surface area contributed by atoms with Gasteiger partial charge in [-0.2, -0.15) is 0 Å². The zero-order valence-electron chi connectivity index (χ0n) is 12.4. The Balaban J connectivity index is 1.46. The van der Waals surface area contributed by atoms with Crippen molar-refractivity contribution in [1.82, 2.24) is 15.5 Å². The molecule has 0 unspecified atom stereocenters. The van der Waals surface area contributed by atoms with Crippen LogP contribution >= 0.6 is 11.8 Å². The molecule has 1 saturated heterocycles. The molecule has 0 aromatic rings. The van der Waals surface area contributed by atoms with Crippen LogP contribution in [0.4, 0.5) is 4.79 Å². The molecule has 0 aromatic carbocycles. The standard InChI is InChI=1S/C14H20N4O3S/c19-10(16-12-15-7-9-22-12)4-3-8-18-11(20)14(17-13(18)21)5-1-2-6-14/h1-9H2,(H,17,21)(H,15,16,19). The van der Waals surface area contributed by atoms with Crippen LogP contribution in [0.1, 0.15) is 38.5 Å². The Morgan fingerprint density at radius 3 is 2.82 bits per heavy atom. The Hall–Kier alpha value is -1.57. The number of carbonyl (C=O) groups excluding carboxylic acids is 3. The van der Waals surface area contributed by atoms with Crippen molar-refractivity contribution in [3.05, 3.63) is 0 Å². The van der Waals surface area contributed by atoms with Crippen molar-refractivity contribution < 1.29 is 14.4 Å². The first kappa shape index (κ1) is 15.3. The lowest BCUT2D eigenvalue weighted by Crippen LogP contribution is -2.44. The molecule has 2 N–H and O–H groups in total. The summed E-state index contributed by atoms with van der Waals surface area (Å²) in [6.45, 7) is 1.03. The first-order valence-electron chi connectivity index (χ1n) is 7.72. The molecule has 0 bridgehead atoms. The van der Waals surface area contributed by atoms with Gasteiger partial charge >= 0.3 is 6.03 Å². The molecule has 0 aromatic heterocycles. The van der Waals surface area contributed by atoms with Crippen LogP contribution in [0.25, 0.3) is 0 Å². The largest absolute Gasteiger partial charge is 0.325 e. The molecule has 2 aliphatic heterocycles. The van der Waals surface area contributed by atoms with Gasteiger partial charge in [0.2, 0.25) is 5.91 Å². The van der Waals surface area contributed by atoms with Gasteiger partial charge in [0.15, 0.2) is 5.17 Å². The summed E-state index contributed by atoms with van der Waals surface area (Å²) in [4.78, 5) is 41.6. The second-order valence-corrected chi connectivity index (χ2v) is 6.95. The molecule has 2 heterocycles. The van der Waals surface area contributed by atoms with Crippen molar-refractivity contribution in [2.45, 2.75) is 44.1 Å². The van der Waals surface area contributed by atoms with Gasteiger partial charge in [-0.25, -0.2) is 4.79 Å². The first-order chi connectivity index (χ1) is 10.6. The number of amides is 4. The monoisotopic (exact) mass is 324 g/mol. The maximum atomic E-state index is 12.4. The SMILES string of the molecule is O=C(CCCN1C(=O)NC2(CCCC2)C1=O)NC1=NCCS1. The lowest BCUT2D eigenvalue weighted by Gasteiger charge is -2.19. The molecule has 120 valence electrons. The molecule has 3 aliphatic rings. The number of nitrogens with one attached hydrogen (secondary N) is 2. The molecule has 1 aliphatic carbocycles. The van der Waals surface area contributed by atoms with E-state index in [9.17, 15) is 14.4 Å². The van der Waals surface area contributed by atoms with Crippen LogP contribution in [0.2, 0.25) is 0 Å². The Bertz CT molecular complexity index is 528. The normalized spacial score (nSPS) is 23.1. The highest BCUT2D eigenvalue weighted by Crippen LogP contribution is 2.35. The van der Waals surface area contributed by atoms with E-state index in [1.54, 1.807) is 0 Å². The second-order valence-electron chi connectivity index (χ2n) is 5.86. The average molecular weight is 324 g/mol. The van der Waals surface area contributed by atoms with Gasteiger partial charge in [-0.3, -0.25) is 19.5 Å². The number of rotatable bonds is 4. The number of hydrogen-bond donors (Lipinski definition) is 2. The Labute approximate surface area is 133 Å². The van der Waals surface area contributed by atoms with Crippen LogP contribution in [-0.4, -0.2) is 52.3 Å². The van der Waals surface area contributed by atoms with Gasteiger partial charge in [0.1, 0.15) is 5.54 Å². The Kier molecular flexibility index (Phi) is 4.37. The van der Waals surface area contributed by atoms with Crippen molar-refractivity contribution in [3.8, 4) is 0 Å². The van der Waals surface area contributed by atoms with Crippen molar-refractivity contribution >= 4 is 34.8 Å². The summed E-state index contributed by atoms with van der Waals surface area (Å²) >= 11 is 1.53. The van der Waals surface area contributed by atoms with E-state index in [-0.39, 0.29) is 24.3 Å².